The first-order valence-electron chi connectivity index (χ1n) is 9.72. The van der Waals surface area contributed by atoms with Crippen molar-refractivity contribution in [1.29, 1.82) is 0 Å². The second kappa shape index (κ2) is 8.53. The molecule has 0 spiro atoms. The van der Waals surface area contributed by atoms with Gasteiger partial charge in [0.2, 0.25) is 0 Å². The van der Waals surface area contributed by atoms with Crippen LogP contribution < -0.4 is 5.32 Å². The molecule has 0 saturated carbocycles. The summed E-state index contributed by atoms with van der Waals surface area (Å²) < 4.78 is 2.04. The van der Waals surface area contributed by atoms with Gasteiger partial charge in [0.1, 0.15) is 0 Å². The molecule has 1 aliphatic rings. The Bertz CT molecular complexity index is 873. The number of hydrogen-bond donors (Lipinski definition) is 1. The van der Waals surface area contributed by atoms with Gasteiger partial charge in [-0.3, -0.25) is 4.79 Å². The number of aryl methyl sites for hydroxylation is 2. The maximum Gasteiger partial charge on any atom is 0.261 e. The molecule has 2 heterocycles. The molecule has 27 heavy (non-hydrogen) atoms. The van der Waals surface area contributed by atoms with Crippen molar-refractivity contribution in [2.24, 2.45) is 0 Å². The van der Waals surface area contributed by atoms with Crippen LogP contribution >= 0.6 is 11.3 Å². The number of nitrogens with one attached hydrogen (secondary N) is 1. The molecule has 1 N–H and O–H groups in total. The summed E-state index contributed by atoms with van der Waals surface area (Å²) in [5, 5.41) is 3.12. The van der Waals surface area contributed by atoms with Crippen molar-refractivity contribution in [2.75, 3.05) is 0 Å². The van der Waals surface area contributed by atoms with Crippen LogP contribution in [0.15, 0.2) is 49.1 Å². The first-order valence-corrected chi connectivity index (χ1v) is 10.5. The second-order valence-electron chi connectivity index (χ2n) is 7.16. The number of carbonyl (C=O) groups is 1. The van der Waals surface area contributed by atoms with Gasteiger partial charge in [-0.1, -0.05) is 37.1 Å². The van der Waals surface area contributed by atoms with E-state index in [1.807, 2.05) is 29.2 Å². The molecule has 0 saturated heterocycles. The minimum absolute atomic E-state index is 0.0455. The van der Waals surface area contributed by atoms with Crippen molar-refractivity contribution < 1.29 is 4.79 Å². The van der Waals surface area contributed by atoms with Gasteiger partial charge in [-0.05, 0) is 48.4 Å². The molecule has 0 unspecified atom stereocenters. The lowest BCUT2D eigenvalue weighted by Gasteiger charge is -2.11. The summed E-state index contributed by atoms with van der Waals surface area (Å²) in [6, 6.07) is 10.4. The highest BCUT2D eigenvalue weighted by Gasteiger charge is 2.16. The highest BCUT2D eigenvalue weighted by atomic mass is 32.1. The number of carbonyl (C=O) groups excluding carboxylic acids is 1. The SMILES string of the molecule is O=C(NCc1ccccc1Cn1ccnc1)c1cc2c(s1)CCCCCC2. The molecule has 1 amide bonds. The van der Waals surface area contributed by atoms with Crippen LogP contribution in [0.25, 0.3) is 0 Å². The van der Waals surface area contributed by atoms with Crippen LogP contribution in [-0.2, 0) is 25.9 Å². The molecule has 2 aromatic heterocycles. The third kappa shape index (κ3) is 4.48. The Kier molecular flexibility index (Phi) is 5.68. The van der Waals surface area contributed by atoms with Crippen molar-refractivity contribution in [3.63, 3.8) is 0 Å². The van der Waals surface area contributed by atoms with E-state index in [-0.39, 0.29) is 5.91 Å². The molecule has 0 atom stereocenters. The van der Waals surface area contributed by atoms with Crippen LogP contribution in [0.3, 0.4) is 0 Å². The summed E-state index contributed by atoms with van der Waals surface area (Å²) in [6.45, 7) is 1.31. The molecule has 0 bridgehead atoms. The van der Waals surface area contributed by atoms with Crippen LogP contribution in [0.5, 0.6) is 0 Å². The van der Waals surface area contributed by atoms with Crippen molar-refractivity contribution in [2.45, 2.75) is 51.6 Å². The van der Waals surface area contributed by atoms with E-state index in [4.69, 9.17) is 0 Å². The monoisotopic (exact) mass is 379 g/mol. The number of nitrogens with zero attached hydrogens (tertiary/aromatic N) is 2. The van der Waals surface area contributed by atoms with Gasteiger partial charge < -0.3 is 9.88 Å². The summed E-state index contributed by atoms with van der Waals surface area (Å²) in [4.78, 5) is 19.1. The van der Waals surface area contributed by atoms with Gasteiger partial charge in [0.05, 0.1) is 11.2 Å². The lowest BCUT2D eigenvalue weighted by atomic mass is 10.00. The number of fused-ring (bicyclic) bond motifs is 1. The number of thiophene rings is 1. The molecule has 1 aromatic carbocycles. The van der Waals surface area contributed by atoms with Crippen LogP contribution in [-0.4, -0.2) is 15.5 Å². The van der Waals surface area contributed by atoms with Crippen LogP contribution in [0.1, 0.15) is 56.9 Å². The normalized spacial score (nSPS) is 14.2. The Morgan fingerprint density at radius 1 is 1.11 bits per heavy atom. The Hall–Kier alpha value is -2.40. The maximum absolute atomic E-state index is 12.7. The average molecular weight is 380 g/mol. The Balaban J connectivity index is 1.43. The highest BCUT2D eigenvalue weighted by molar-refractivity contribution is 7.14. The van der Waals surface area contributed by atoms with Crippen molar-refractivity contribution in [3.8, 4) is 0 Å². The summed E-state index contributed by atoms with van der Waals surface area (Å²) >= 11 is 1.68. The Morgan fingerprint density at radius 2 is 1.93 bits per heavy atom. The topological polar surface area (TPSA) is 46.9 Å². The molecule has 0 radical (unpaired) electrons. The summed E-state index contributed by atoms with van der Waals surface area (Å²) in [7, 11) is 0. The van der Waals surface area contributed by atoms with Gasteiger partial charge in [0.25, 0.3) is 5.91 Å². The van der Waals surface area contributed by atoms with E-state index in [9.17, 15) is 4.79 Å². The van der Waals surface area contributed by atoms with Crippen molar-refractivity contribution >= 4 is 17.2 Å². The summed E-state index contributed by atoms with van der Waals surface area (Å²) in [5.41, 5.74) is 3.74. The van der Waals surface area contributed by atoms with Crippen molar-refractivity contribution in [1.82, 2.24) is 14.9 Å². The van der Waals surface area contributed by atoms with E-state index < -0.39 is 0 Å². The summed E-state index contributed by atoms with van der Waals surface area (Å²) in [5.74, 6) is 0.0455. The van der Waals surface area contributed by atoms with E-state index in [0.717, 1.165) is 29.8 Å². The van der Waals surface area contributed by atoms with Gasteiger partial charge in [-0.15, -0.1) is 11.3 Å². The molecule has 140 valence electrons. The van der Waals surface area contributed by atoms with E-state index in [2.05, 4.69) is 28.5 Å². The fourth-order valence-electron chi connectivity index (χ4n) is 3.68. The molecular formula is C22H25N3OS. The Labute approximate surface area is 164 Å². The van der Waals surface area contributed by atoms with E-state index in [0.29, 0.717) is 6.54 Å². The fourth-order valence-corrected chi connectivity index (χ4v) is 4.85. The van der Waals surface area contributed by atoms with E-state index in [1.165, 1.54) is 41.7 Å². The number of aromatic nitrogens is 2. The first-order chi connectivity index (χ1) is 13.3. The van der Waals surface area contributed by atoms with E-state index in [1.54, 1.807) is 17.5 Å². The zero-order chi connectivity index (χ0) is 18.5. The fraction of sp³-hybridized carbons (Fsp3) is 0.364. The zero-order valence-corrected chi connectivity index (χ0v) is 16.3. The van der Waals surface area contributed by atoms with Crippen LogP contribution in [0.4, 0.5) is 0 Å². The average Bonchev–Trinajstić information content (AvgIpc) is 3.31. The van der Waals surface area contributed by atoms with Gasteiger partial charge >= 0.3 is 0 Å². The second-order valence-corrected chi connectivity index (χ2v) is 8.30. The standard InChI is InChI=1S/C22H25N3OS/c26-22(21-13-17-7-3-1-2-4-10-20(17)27-21)24-14-18-8-5-6-9-19(18)15-25-12-11-23-16-25/h5-6,8-9,11-13,16H,1-4,7,10,14-15H2,(H,24,26). The predicted molar refractivity (Wildman–Crippen MR) is 109 cm³/mol. The lowest BCUT2D eigenvalue weighted by Crippen LogP contribution is -2.22. The van der Waals surface area contributed by atoms with Gasteiger partial charge in [0, 0.05) is 30.4 Å². The van der Waals surface area contributed by atoms with Gasteiger partial charge in [-0.2, -0.15) is 0 Å². The molecular weight excluding hydrogens is 354 g/mol. The largest absolute Gasteiger partial charge is 0.347 e. The minimum Gasteiger partial charge on any atom is -0.347 e. The molecule has 0 aliphatic heterocycles. The minimum atomic E-state index is 0.0455. The predicted octanol–water partition coefficient (Wildman–Crippen LogP) is 4.58. The highest BCUT2D eigenvalue weighted by Crippen LogP contribution is 2.28. The lowest BCUT2D eigenvalue weighted by molar-refractivity contribution is 0.0955. The van der Waals surface area contributed by atoms with Gasteiger partial charge in [0.15, 0.2) is 0 Å². The van der Waals surface area contributed by atoms with Crippen LogP contribution in [0.2, 0.25) is 0 Å². The van der Waals surface area contributed by atoms with Crippen LogP contribution in [0, 0.1) is 0 Å². The number of imidazole rings is 1. The first kappa shape index (κ1) is 18.0. The molecule has 1 aliphatic carbocycles. The number of rotatable bonds is 5. The quantitative estimate of drug-likeness (QED) is 0.705. The molecule has 4 nitrogen and oxygen atoms in total. The number of hydrogen-bond acceptors (Lipinski definition) is 3. The Morgan fingerprint density at radius 3 is 2.74 bits per heavy atom. The number of benzene rings is 1. The smallest absolute Gasteiger partial charge is 0.261 e. The summed E-state index contributed by atoms with van der Waals surface area (Å²) in [6.07, 6.45) is 12.9. The van der Waals surface area contributed by atoms with E-state index >= 15 is 0 Å². The molecule has 0 fully saturated rings. The third-order valence-corrected chi connectivity index (χ3v) is 6.43. The zero-order valence-electron chi connectivity index (χ0n) is 15.5. The molecule has 4 rings (SSSR count). The molecule has 5 heteroatoms. The van der Waals surface area contributed by atoms with Crippen molar-refractivity contribution in [3.05, 3.63) is 75.5 Å². The molecule has 3 aromatic rings. The number of amides is 1. The third-order valence-electron chi connectivity index (χ3n) is 5.19. The maximum atomic E-state index is 12.7. The van der Waals surface area contributed by atoms with Gasteiger partial charge in [-0.25, -0.2) is 4.98 Å².